The van der Waals surface area contributed by atoms with Gasteiger partial charge in [-0.25, -0.2) is 0 Å². The van der Waals surface area contributed by atoms with Gasteiger partial charge in [0.25, 0.3) is 0 Å². The van der Waals surface area contributed by atoms with Crippen molar-refractivity contribution < 1.29 is 9.59 Å². The summed E-state index contributed by atoms with van der Waals surface area (Å²) in [5, 5.41) is 0. The molecule has 2 N–H and O–H groups in total. The molecule has 1 aromatic carbocycles. The van der Waals surface area contributed by atoms with Crippen molar-refractivity contribution in [2.75, 3.05) is 5.75 Å². The number of thioether (sulfide) groups is 1. The van der Waals surface area contributed by atoms with Gasteiger partial charge < -0.3 is 0 Å². The Kier molecular flexibility index (Phi) is 4.52. The van der Waals surface area contributed by atoms with Gasteiger partial charge in [0.2, 0.25) is 11.8 Å². The molecule has 5 rings (SSSR count). The zero-order valence-corrected chi connectivity index (χ0v) is 15.5. The predicted molar refractivity (Wildman–Crippen MR) is 98.8 cm³/mol. The van der Waals surface area contributed by atoms with E-state index in [1.54, 1.807) is 0 Å². The fraction of sp³-hybridized carbons (Fsp3) is 0.600. The molecular weight excluding hydrogens is 332 g/mol. The smallest absolute Gasteiger partial charge is 0.248 e. The number of carbonyl (C=O) groups excluding carboxylic acids is 2. The third-order valence-corrected chi connectivity index (χ3v) is 7.46. The van der Waals surface area contributed by atoms with Gasteiger partial charge in [-0.2, -0.15) is 0 Å². The molecule has 0 heterocycles. The summed E-state index contributed by atoms with van der Waals surface area (Å²) in [6, 6.07) is 8.02. The minimum absolute atomic E-state index is 0.0424. The minimum Gasteiger partial charge on any atom is -0.273 e. The standard InChI is InChI=1S/C20H26N2O2S/c1-13-4-2-3-5-17(13)25-12-18(23)21-22-19(24)20-9-14-6-15(10-20)8-16(7-14)11-20/h2-5,14-16H,6-12H2,1H3,(H,21,23)(H,22,24). The second kappa shape index (κ2) is 6.67. The quantitative estimate of drug-likeness (QED) is 0.640. The maximum atomic E-state index is 12.8. The van der Waals surface area contributed by atoms with E-state index in [0.717, 1.165) is 47.5 Å². The maximum Gasteiger partial charge on any atom is 0.248 e. The lowest BCUT2D eigenvalue weighted by atomic mass is 9.49. The van der Waals surface area contributed by atoms with Crippen LogP contribution in [0.4, 0.5) is 0 Å². The zero-order valence-electron chi connectivity index (χ0n) is 14.7. The van der Waals surface area contributed by atoms with Crippen molar-refractivity contribution >= 4 is 23.6 Å². The number of hydrogen-bond acceptors (Lipinski definition) is 3. The molecule has 4 fully saturated rings. The predicted octanol–water partition coefficient (Wildman–Crippen LogP) is 3.45. The molecule has 4 bridgehead atoms. The first kappa shape index (κ1) is 17.0. The highest BCUT2D eigenvalue weighted by Gasteiger charge is 2.54. The Hall–Kier alpha value is -1.49. The van der Waals surface area contributed by atoms with E-state index in [-0.39, 0.29) is 17.2 Å². The number of aryl methyl sites for hydroxylation is 1. The van der Waals surface area contributed by atoms with Crippen molar-refractivity contribution in [3.63, 3.8) is 0 Å². The third kappa shape index (κ3) is 3.43. The maximum absolute atomic E-state index is 12.8. The van der Waals surface area contributed by atoms with Gasteiger partial charge in [-0.05, 0) is 74.8 Å². The van der Waals surface area contributed by atoms with Gasteiger partial charge in [0, 0.05) is 4.90 Å². The Labute approximate surface area is 153 Å². The topological polar surface area (TPSA) is 58.2 Å². The minimum atomic E-state index is -0.217. The fourth-order valence-electron chi connectivity index (χ4n) is 5.55. The fourth-order valence-corrected chi connectivity index (χ4v) is 6.37. The molecule has 0 unspecified atom stereocenters. The summed E-state index contributed by atoms with van der Waals surface area (Å²) in [6.07, 6.45) is 6.97. The molecule has 0 aliphatic heterocycles. The molecule has 0 saturated heterocycles. The molecule has 0 atom stereocenters. The van der Waals surface area contributed by atoms with E-state index in [4.69, 9.17) is 0 Å². The molecule has 4 nitrogen and oxygen atoms in total. The molecular formula is C20H26N2O2S. The molecule has 134 valence electrons. The third-order valence-electron chi connectivity index (χ3n) is 6.29. The largest absolute Gasteiger partial charge is 0.273 e. The molecule has 0 spiro atoms. The van der Waals surface area contributed by atoms with Crippen LogP contribution in [0.25, 0.3) is 0 Å². The van der Waals surface area contributed by atoms with E-state index in [1.807, 2.05) is 31.2 Å². The Morgan fingerprint density at radius 2 is 1.64 bits per heavy atom. The molecule has 2 amide bonds. The van der Waals surface area contributed by atoms with Gasteiger partial charge in [0.05, 0.1) is 11.2 Å². The van der Waals surface area contributed by atoms with Crippen molar-refractivity contribution in [2.45, 2.75) is 50.3 Å². The van der Waals surface area contributed by atoms with Crippen molar-refractivity contribution in [2.24, 2.45) is 23.2 Å². The van der Waals surface area contributed by atoms with Crippen molar-refractivity contribution in [3.8, 4) is 0 Å². The normalized spacial score (nSPS) is 32.4. The monoisotopic (exact) mass is 358 g/mol. The van der Waals surface area contributed by atoms with Crippen molar-refractivity contribution in [1.82, 2.24) is 10.9 Å². The second-order valence-corrected chi connectivity index (χ2v) is 9.27. The van der Waals surface area contributed by atoms with Crippen LogP contribution >= 0.6 is 11.8 Å². The highest BCUT2D eigenvalue weighted by Crippen LogP contribution is 2.60. The van der Waals surface area contributed by atoms with Crippen LogP contribution in [-0.4, -0.2) is 17.6 Å². The van der Waals surface area contributed by atoms with Crippen LogP contribution < -0.4 is 10.9 Å². The SMILES string of the molecule is Cc1ccccc1SCC(=O)NNC(=O)C12CC3CC(CC(C3)C1)C2. The van der Waals surface area contributed by atoms with Crippen molar-refractivity contribution in [1.29, 1.82) is 0 Å². The van der Waals surface area contributed by atoms with Crippen LogP contribution in [0.1, 0.15) is 44.1 Å². The second-order valence-electron chi connectivity index (χ2n) is 8.25. The lowest BCUT2D eigenvalue weighted by Gasteiger charge is -2.55. The number of hydrazine groups is 1. The zero-order chi connectivity index (χ0) is 17.4. The van der Waals surface area contributed by atoms with Crippen LogP contribution in [0.3, 0.4) is 0 Å². The molecule has 1 aromatic rings. The van der Waals surface area contributed by atoms with E-state index < -0.39 is 0 Å². The first-order chi connectivity index (χ1) is 12.0. The van der Waals surface area contributed by atoms with Gasteiger partial charge in [-0.15, -0.1) is 11.8 Å². The Balaban J connectivity index is 1.29. The van der Waals surface area contributed by atoms with Crippen LogP contribution in [0, 0.1) is 30.1 Å². The molecule has 25 heavy (non-hydrogen) atoms. The molecule has 0 aromatic heterocycles. The number of hydrogen-bond donors (Lipinski definition) is 2. The van der Waals surface area contributed by atoms with E-state index in [1.165, 1.54) is 31.0 Å². The van der Waals surface area contributed by atoms with Gasteiger partial charge >= 0.3 is 0 Å². The average Bonchev–Trinajstić information content (AvgIpc) is 2.57. The number of benzene rings is 1. The summed E-state index contributed by atoms with van der Waals surface area (Å²) < 4.78 is 0. The van der Waals surface area contributed by atoms with Crippen LogP contribution in [0.2, 0.25) is 0 Å². The highest BCUT2D eigenvalue weighted by atomic mass is 32.2. The Morgan fingerprint density at radius 3 is 2.24 bits per heavy atom. The number of amides is 2. The van der Waals surface area contributed by atoms with E-state index >= 15 is 0 Å². The Morgan fingerprint density at radius 1 is 1.04 bits per heavy atom. The van der Waals surface area contributed by atoms with Crippen molar-refractivity contribution in [3.05, 3.63) is 29.8 Å². The van der Waals surface area contributed by atoms with Gasteiger partial charge in [0.1, 0.15) is 0 Å². The molecule has 4 aliphatic rings. The van der Waals surface area contributed by atoms with Crippen LogP contribution in [0.15, 0.2) is 29.2 Å². The summed E-state index contributed by atoms with van der Waals surface area (Å²) in [7, 11) is 0. The van der Waals surface area contributed by atoms with E-state index in [0.29, 0.717) is 5.75 Å². The van der Waals surface area contributed by atoms with E-state index in [9.17, 15) is 9.59 Å². The number of carbonyl (C=O) groups is 2. The molecule has 5 heteroatoms. The van der Waals surface area contributed by atoms with Gasteiger partial charge in [0.15, 0.2) is 0 Å². The number of nitrogens with one attached hydrogen (secondary N) is 2. The number of rotatable bonds is 4. The average molecular weight is 359 g/mol. The summed E-state index contributed by atoms with van der Waals surface area (Å²) in [4.78, 5) is 26.0. The molecule has 4 saturated carbocycles. The van der Waals surface area contributed by atoms with Gasteiger partial charge in [-0.1, -0.05) is 18.2 Å². The summed E-state index contributed by atoms with van der Waals surface area (Å²) >= 11 is 1.50. The Bertz CT molecular complexity index is 653. The lowest BCUT2D eigenvalue weighted by molar-refractivity contribution is -0.148. The summed E-state index contributed by atoms with van der Waals surface area (Å²) in [5.41, 5.74) is 6.32. The first-order valence-electron chi connectivity index (χ1n) is 9.32. The molecule has 4 aliphatic carbocycles. The molecule has 0 radical (unpaired) electrons. The van der Waals surface area contributed by atoms with E-state index in [2.05, 4.69) is 10.9 Å². The van der Waals surface area contributed by atoms with Crippen LogP contribution in [-0.2, 0) is 9.59 Å². The first-order valence-corrected chi connectivity index (χ1v) is 10.3. The highest BCUT2D eigenvalue weighted by molar-refractivity contribution is 8.00. The lowest BCUT2D eigenvalue weighted by Crippen LogP contribution is -2.56. The summed E-state index contributed by atoms with van der Waals surface area (Å²) in [5.74, 6) is 2.39. The van der Waals surface area contributed by atoms with Crippen LogP contribution in [0.5, 0.6) is 0 Å². The van der Waals surface area contributed by atoms with Gasteiger partial charge in [-0.3, -0.25) is 20.4 Å². The summed E-state index contributed by atoms with van der Waals surface area (Å²) in [6.45, 7) is 2.04.